The number of aromatic nitrogens is 2. The monoisotopic (exact) mass is 285 g/mol. The topological polar surface area (TPSA) is 47.0 Å². The van der Waals surface area contributed by atoms with E-state index in [4.69, 9.17) is 4.74 Å². The fourth-order valence-corrected chi connectivity index (χ4v) is 2.01. The van der Waals surface area contributed by atoms with Crippen LogP contribution in [0.15, 0.2) is 36.4 Å². The fourth-order valence-electron chi connectivity index (χ4n) is 2.01. The van der Waals surface area contributed by atoms with Crippen molar-refractivity contribution in [2.45, 2.75) is 39.7 Å². The first-order chi connectivity index (χ1) is 10.3. The van der Waals surface area contributed by atoms with Crippen molar-refractivity contribution in [3.05, 3.63) is 47.9 Å². The maximum Gasteiger partial charge on any atom is 0.168 e. The van der Waals surface area contributed by atoms with Crippen LogP contribution in [0.1, 0.15) is 38.2 Å². The molecule has 0 bridgehead atoms. The molecule has 0 amide bonds. The Morgan fingerprint density at radius 1 is 1.05 bits per heavy atom. The molecule has 0 fully saturated rings. The summed E-state index contributed by atoms with van der Waals surface area (Å²) in [5, 5.41) is 3.33. The van der Waals surface area contributed by atoms with Gasteiger partial charge in [-0.1, -0.05) is 38.5 Å². The molecule has 1 aromatic heterocycles. The summed E-state index contributed by atoms with van der Waals surface area (Å²) in [5.74, 6) is 2.45. The molecule has 4 nitrogen and oxygen atoms in total. The molecule has 0 saturated carbocycles. The standard InChI is InChI=1S/C17H23N3O/c1-3-8-14-12-16(18-11-4-2)20-17(19-14)13-21-15-9-6-5-7-10-15/h5-7,9-10,12H,3-4,8,11,13H2,1-2H3,(H,18,19,20). The Balaban J connectivity index is 2.07. The lowest BCUT2D eigenvalue weighted by Crippen LogP contribution is -2.09. The second kappa shape index (κ2) is 8.25. The Kier molecular flexibility index (Phi) is 6.00. The average Bonchev–Trinajstić information content (AvgIpc) is 2.52. The van der Waals surface area contributed by atoms with E-state index in [1.165, 1.54) is 0 Å². The molecular formula is C17H23N3O. The van der Waals surface area contributed by atoms with Crippen LogP contribution < -0.4 is 10.1 Å². The summed E-state index contributed by atoms with van der Waals surface area (Å²) in [7, 11) is 0. The van der Waals surface area contributed by atoms with Crippen LogP contribution in [0.5, 0.6) is 5.75 Å². The van der Waals surface area contributed by atoms with Gasteiger partial charge in [0.1, 0.15) is 18.2 Å². The van der Waals surface area contributed by atoms with Gasteiger partial charge in [-0.25, -0.2) is 9.97 Å². The number of aryl methyl sites for hydroxylation is 1. The minimum Gasteiger partial charge on any atom is -0.486 e. The van der Waals surface area contributed by atoms with Crippen molar-refractivity contribution in [1.29, 1.82) is 0 Å². The van der Waals surface area contributed by atoms with Crippen molar-refractivity contribution < 1.29 is 4.74 Å². The van der Waals surface area contributed by atoms with Crippen molar-refractivity contribution >= 4 is 5.82 Å². The molecule has 0 saturated heterocycles. The van der Waals surface area contributed by atoms with Crippen LogP contribution in [-0.4, -0.2) is 16.5 Å². The number of anilines is 1. The first-order valence-electron chi connectivity index (χ1n) is 7.60. The molecule has 0 radical (unpaired) electrons. The van der Waals surface area contributed by atoms with Crippen LogP contribution in [-0.2, 0) is 13.0 Å². The van der Waals surface area contributed by atoms with Crippen LogP contribution in [0.3, 0.4) is 0 Å². The first-order valence-corrected chi connectivity index (χ1v) is 7.60. The zero-order valence-corrected chi connectivity index (χ0v) is 12.8. The third kappa shape index (κ3) is 5.06. The highest BCUT2D eigenvalue weighted by Gasteiger charge is 2.05. The van der Waals surface area contributed by atoms with Crippen molar-refractivity contribution in [2.24, 2.45) is 0 Å². The Morgan fingerprint density at radius 3 is 2.57 bits per heavy atom. The van der Waals surface area contributed by atoms with E-state index >= 15 is 0 Å². The van der Waals surface area contributed by atoms with Crippen LogP contribution in [0.25, 0.3) is 0 Å². The molecular weight excluding hydrogens is 262 g/mol. The van der Waals surface area contributed by atoms with Crippen molar-refractivity contribution in [3.63, 3.8) is 0 Å². The van der Waals surface area contributed by atoms with Gasteiger partial charge in [-0.05, 0) is 25.0 Å². The SMILES string of the molecule is CCCNc1cc(CCC)nc(COc2ccccc2)n1. The number of hydrogen-bond donors (Lipinski definition) is 1. The lowest BCUT2D eigenvalue weighted by Gasteiger charge is -2.10. The molecule has 2 rings (SSSR count). The average molecular weight is 285 g/mol. The van der Waals surface area contributed by atoms with Crippen molar-refractivity contribution in [3.8, 4) is 5.75 Å². The summed E-state index contributed by atoms with van der Waals surface area (Å²) < 4.78 is 5.73. The predicted molar refractivity (Wildman–Crippen MR) is 85.6 cm³/mol. The maximum absolute atomic E-state index is 5.73. The van der Waals surface area contributed by atoms with Gasteiger partial charge in [-0.15, -0.1) is 0 Å². The second-order valence-electron chi connectivity index (χ2n) is 4.94. The molecule has 0 atom stereocenters. The molecule has 4 heteroatoms. The van der Waals surface area contributed by atoms with E-state index in [9.17, 15) is 0 Å². The van der Waals surface area contributed by atoms with E-state index in [-0.39, 0.29) is 0 Å². The normalized spacial score (nSPS) is 10.4. The summed E-state index contributed by atoms with van der Waals surface area (Å²) in [6.45, 7) is 5.60. The van der Waals surface area contributed by atoms with E-state index in [1.54, 1.807) is 0 Å². The van der Waals surface area contributed by atoms with Gasteiger partial charge in [0.25, 0.3) is 0 Å². The number of rotatable bonds is 8. The molecule has 0 aliphatic rings. The molecule has 0 aliphatic carbocycles. The highest BCUT2D eigenvalue weighted by Crippen LogP contribution is 2.13. The second-order valence-corrected chi connectivity index (χ2v) is 4.94. The number of nitrogens with zero attached hydrogens (tertiary/aromatic N) is 2. The summed E-state index contributed by atoms with van der Waals surface area (Å²) >= 11 is 0. The Morgan fingerprint density at radius 2 is 1.86 bits per heavy atom. The predicted octanol–water partition coefficient (Wildman–Crippen LogP) is 3.83. The first kappa shape index (κ1) is 15.3. The van der Waals surface area contributed by atoms with Crippen LogP contribution in [0, 0.1) is 0 Å². The zero-order chi connectivity index (χ0) is 14.9. The Labute approximate surface area is 126 Å². The van der Waals surface area contributed by atoms with Crippen LogP contribution >= 0.6 is 0 Å². The molecule has 0 unspecified atom stereocenters. The van der Waals surface area contributed by atoms with Gasteiger partial charge in [-0.2, -0.15) is 0 Å². The summed E-state index contributed by atoms with van der Waals surface area (Å²) in [4.78, 5) is 9.09. The fraction of sp³-hybridized carbons (Fsp3) is 0.412. The molecule has 1 N–H and O–H groups in total. The largest absolute Gasteiger partial charge is 0.486 e. The third-order valence-corrected chi connectivity index (χ3v) is 3.00. The van der Waals surface area contributed by atoms with Crippen LogP contribution in [0.4, 0.5) is 5.82 Å². The molecule has 1 heterocycles. The molecule has 2 aromatic rings. The third-order valence-electron chi connectivity index (χ3n) is 3.00. The molecule has 112 valence electrons. The minimum atomic E-state index is 0.391. The van der Waals surface area contributed by atoms with Gasteiger partial charge in [0.2, 0.25) is 0 Å². The quantitative estimate of drug-likeness (QED) is 0.800. The summed E-state index contributed by atoms with van der Waals surface area (Å²) in [6.07, 6.45) is 3.10. The number of benzene rings is 1. The van der Waals surface area contributed by atoms with Gasteiger partial charge < -0.3 is 10.1 Å². The lowest BCUT2D eigenvalue weighted by molar-refractivity contribution is 0.295. The van der Waals surface area contributed by atoms with E-state index in [1.807, 2.05) is 36.4 Å². The highest BCUT2D eigenvalue weighted by molar-refractivity contribution is 5.36. The van der Waals surface area contributed by atoms with Gasteiger partial charge >= 0.3 is 0 Å². The van der Waals surface area contributed by atoms with Gasteiger partial charge in [0.15, 0.2) is 5.82 Å². The van der Waals surface area contributed by atoms with E-state index in [2.05, 4.69) is 29.1 Å². The number of para-hydroxylation sites is 1. The van der Waals surface area contributed by atoms with E-state index < -0.39 is 0 Å². The van der Waals surface area contributed by atoms with Gasteiger partial charge in [0.05, 0.1) is 0 Å². The highest BCUT2D eigenvalue weighted by atomic mass is 16.5. The minimum absolute atomic E-state index is 0.391. The molecule has 21 heavy (non-hydrogen) atoms. The van der Waals surface area contributed by atoms with E-state index in [0.29, 0.717) is 6.61 Å². The number of hydrogen-bond acceptors (Lipinski definition) is 4. The maximum atomic E-state index is 5.73. The smallest absolute Gasteiger partial charge is 0.168 e. The summed E-state index contributed by atoms with van der Waals surface area (Å²) in [5.41, 5.74) is 1.07. The van der Waals surface area contributed by atoms with Gasteiger partial charge in [0, 0.05) is 18.3 Å². The molecule has 0 spiro atoms. The van der Waals surface area contributed by atoms with Crippen molar-refractivity contribution in [1.82, 2.24) is 9.97 Å². The zero-order valence-electron chi connectivity index (χ0n) is 12.8. The number of nitrogens with one attached hydrogen (secondary N) is 1. The van der Waals surface area contributed by atoms with Gasteiger partial charge in [-0.3, -0.25) is 0 Å². The summed E-state index contributed by atoms with van der Waals surface area (Å²) in [6, 6.07) is 11.8. The lowest BCUT2D eigenvalue weighted by atomic mass is 10.2. The van der Waals surface area contributed by atoms with Crippen molar-refractivity contribution in [2.75, 3.05) is 11.9 Å². The molecule has 1 aromatic carbocycles. The Bertz CT molecular complexity index is 543. The van der Waals surface area contributed by atoms with E-state index in [0.717, 1.165) is 48.9 Å². The molecule has 0 aliphatic heterocycles. The number of ether oxygens (including phenoxy) is 1. The van der Waals surface area contributed by atoms with Crippen LogP contribution in [0.2, 0.25) is 0 Å². The Hall–Kier alpha value is -2.10.